The summed E-state index contributed by atoms with van der Waals surface area (Å²) in [6.45, 7) is 9.16. The summed E-state index contributed by atoms with van der Waals surface area (Å²) >= 11 is 0. The molecule has 0 aromatic carbocycles. The lowest BCUT2D eigenvalue weighted by Crippen LogP contribution is -2.22. The third-order valence-corrected chi connectivity index (χ3v) is 2.57. The van der Waals surface area contributed by atoms with Crippen molar-refractivity contribution in [2.75, 3.05) is 19.7 Å². The summed E-state index contributed by atoms with van der Waals surface area (Å²) in [4.78, 5) is 4.18. The molecule has 0 unspecified atom stereocenters. The van der Waals surface area contributed by atoms with Gasteiger partial charge in [0.15, 0.2) is 0 Å². The van der Waals surface area contributed by atoms with Crippen molar-refractivity contribution < 1.29 is 4.74 Å². The van der Waals surface area contributed by atoms with E-state index in [0.29, 0.717) is 6.61 Å². The largest absolute Gasteiger partial charge is 0.491 e. The Kier molecular flexibility index (Phi) is 6.63. The van der Waals surface area contributed by atoms with Crippen LogP contribution in [0.2, 0.25) is 0 Å². The van der Waals surface area contributed by atoms with Crippen LogP contribution in [0.5, 0.6) is 5.75 Å². The molecular weight excluding hydrogens is 212 g/mol. The molecule has 0 radical (unpaired) electrons. The van der Waals surface area contributed by atoms with Gasteiger partial charge in [-0.2, -0.15) is 0 Å². The lowest BCUT2D eigenvalue weighted by atomic mass is 10.1. The number of aromatic nitrogens is 1. The van der Waals surface area contributed by atoms with Crippen LogP contribution >= 0.6 is 0 Å². The van der Waals surface area contributed by atoms with Crippen molar-refractivity contribution in [2.45, 2.75) is 33.6 Å². The Morgan fingerprint density at radius 2 is 2.12 bits per heavy atom. The van der Waals surface area contributed by atoms with Gasteiger partial charge < -0.3 is 10.1 Å². The molecule has 1 rings (SSSR count). The SMILES string of the molecule is Cc1ccc(OCCNCCCC(C)C)cn1. The quantitative estimate of drug-likeness (QED) is 0.705. The summed E-state index contributed by atoms with van der Waals surface area (Å²) < 4.78 is 5.56. The molecular formula is C14H24N2O. The highest BCUT2D eigenvalue weighted by atomic mass is 16.5. The van der Waals surface area contributed by atoms with E-state index in [4.69, 9.17) is 4.74 Å². The third kappa shape index (κ3) is 6.95. The fourth-order valence-electron chi connectivity index (χ4n) is 1.54. The normalized spacial score (nSPS) is 10.8. The van der Waals surface area contributed by atoms with Crippen molar-refractivity contribution in [1.82, 2.24) is 10.3 Å². The van der Waals surface area contributed by atoms with Gasteiger partial charge >= 0.3 is 0 Å². The van der Waals surface area contributed by atoms with E-state index in [1.54, 1.807) is 6.20 Å². The number of ether oxygens (including phenoxy) is 1. The molecule has 1 aromatic heterocycles. The summed E-state index contributed by atoms with van der Waals surface area (Å²) in [5.41, 5.74) is 1.02. The maximum atomic E-state index is 5.56. The molecule has 1 N–H and O–H groups in total. The Labute approximate surface area is 105 Å². The highest BCUT2D eigenvalue weighted by Crippen LogP contribution is 2.07. The van der Waals surface area contributed by atoms with Crippen molar-refractivity contribution in [3.8, 4) is 5.75 Å². The summed E-state index contributed by atoms with van der Waals surface area (Å²) in [6.07, 6.45) is 4.30. The van der Waals surface area contributed by atoms with Crippen molar-refractivity contribution in [3.05, 3.63) is 24.0 Å². The van der Waals surface area contributed by atoms with E-state index in [-0.39, 0.29) is 0 Å². The van der Waals surface area contributed by atoms with Crippen LogP contribution in [0.3, 0.4) is 0 Å². The highest BCUT2D eigenvalue weighted by Gasteiger charge is 1.95. The van der Waals surface area contributed by atoms with Crippen LogP contribution in [-0.2, 0) is 0 Å². The zero-order valence-electron chi connectivity index (χ0n) is 11.2. The molecule has 0 aliphatic rings. The van der Waals surface area contributed by atoms with E-state index in [9.17, 15) is 0 Å². The van der Waals surface area contributed by atoms with E-state index in [1.165, 1.54) is 12.8 Å². The number of hydrogen-bond acceptors (Lipinski definition) is 3. The van der Waals surface area contributed by atoms with E-state index in [0.717, 1.165) is 30.5 Å². The van der Waals surface area contributed by atoms with Gasteiger partial charge in [0.25, 0.3) is 0 Å². The number of pyridine rings is 1. The highest BCUT2D eigenvalue weighted by molar-refractivity contribution is 5.18. The molecule has 1 aromatic rings. The first-order valence-corrected chi connectivity index (χ1v) is 6.44. The number of rotatable bonds is 8. The first-order chi connectivity index (χ1) is 8.18. The van der Waals surface area contributed by atoms with Crippen LogP contribution in [0.15, 0.2) is 18.3 Å². The van der Waals surface area contributed by atoms with Crippen molar-refractivity contribution >= 4 is 0 Å². The van der Waals surface area contributed by atoms with Crippen LogP contribution < -0.4 is 10.1 Å². The van der Waals surface area contributed by atoms with Gasteiger partial charge in [0.1, 0.15) is 12.4 Å². The molecule has 0 fully saturated rings. The number of aryl methyl sites for hydroxylation is 1. The zero-order chi connectivity index (χ0) is 12.5. The van der Waals surface area contributed by atoms with Crippen molar-refractivity contribution in [3.63, 3.8) is 0 Å². The number of nitrogens with one attached hydrogen (secondary N) is 1. The summed E-state index contributed by atoms with van der Waals surface area (Å²) in [5.74, 6) is 1.64. The van der Waals surface area contributed by atoms with Crippen LogP contribution in [0.1, 0.15) is 32.4 Å². The molecule has 0 saturated carbocycles. The third-order valence-electron chi connectivity index (χ3n) is 2.57. The average molecular weight is 236 g/mol. The maximum Gasteiger partial charge on any atom is 0.137 e. The summed E-state index contributed by atoms with van der Waals surface area (Å²) in [7, 11) is 0. The van der Waals surface area contributed by atoms with Gasteiger partial charge in [-0.3, -0.25) is 4.98 Å². The number of hydrogen-bond donors (Lipinski definition) is 1. The minimum Gasteiger partial charge on any atom is -0.491 e. The van der Waals surface area contributed by atoms with Crippen LogP contribution in [0, 0.1) is 12.8 Å². The fourth-order valence-corrected chi connectivity index (χ4v) is 1.54. The topological polar surface area (TPSA) is 34.1 Å². The minimum absolute atomic E-state index is 0.701. The van der Waals surface area contributed by atoms with Crippen molar-refractivity contribution in [2.24, 2.45) is 5.92 Å². The summed E-state index contributed by atoms with van der Waals surface area (Å²) in [5, 5.41) is 3.38. The Hall–Kier alpha value is -1.09. The minimum atomic E-state index is 0.701. The molecule has 3 heteroatoms. The Morgan fingerprint density at radius 1 is 1.29 bits per heavy atom. The molecule has 0 aliphatic heterocycles. The predicted octanol–water partition coefficient (Wildman–Crippen LogP) is 2.79. The molecule has 0 bridgehead atoms. The van der Waals surface area contributed by atoms with Crippen LogP contribution in [0.4, 0.5) is 0 Å². The number of nitrogens with zero attached hydrogens (tertiary/aromatic N) is 1. The lowest BCUT2D eigenvalue weighted by molar-refractivity contribution is 0.312. The maximum absolute atomic E-state index is 5.56. The first-order valence-electron chi connectivity index (χ1n) is 6.44. The smallest absolute Gasteiger partial charge is 0.137 e. The Morgan fingerprint density at radius 3 is 2.76 bits per heavy atom. The van der Waals surface area contributed by atoms with Crippen LogP contribution in [0.25, 0.3) is 0 Å². The summed E-state index contributed by atoms with van der Waals surface area (Å²) in [6, 6.07) is 3.92. The van der Waals surface area contributed by atoms with Crippen LogP contribution in [-0.4, -0.2) is 24.7 Å². The van der Waals surface area contributed by atoms with Gasteiger partial charge in [-0.15, -0.1) is 0 Å². The average Bonchev–Trinajstić information content (AvgIpc) is 2.30. The van der Waals surface area contributed by atoms with E-state index >= 15 is 0 Å². The van der Waals surface area contributed by atoms with E-state index in [1.807, 2.05) is 19.1 Å². The van der Waals surface area contributed by atoms with E-state index < -0.39 is 0 Å². The molecule has 0 spiro atoms. The Bertz CT molecular complexity index is 296. The van der Waals surface area contributed by atoms with Gasteiger partial charge in [-0.1, -0.05) is 13.8 Å². The second-order valence-electron chi connectivity index (χ2n) is 4.77. The Balaban J connectivity index is 1.99. The van der Waals surface area contributed by atoms with Gasteiger partial charge in [0.05, 0.1) is 6.20 Å². The predicted molar refractivity (Wildman–Crippen MR) is 71.4 cm³/mol. The molecule has 96 valence electrons. The molecule has 17 heavy (non-hydrogen) atoms. The monoisotopic (exact) mass is 236 g/mol. The second kappa shape index (κ2) is 8.07. The lowest BCUT2D eigenvalue weighted by Gasteiger charge is -2.08. The van der Waals surface area contributed by atoms with Gasteiger partial charge in [-0.05, 0) is 44.4 Å². The van der Waals surface area contributed by atoms with E-state index in [2.05, 4.69) is 24.1 Å². The van der Waals surface area contributed by atoms with Gasteiger partial charge in [0.2, 0.25) is 0 Å². The standard InChI is InChI=1S/C14H24N2O/c1-12(2)5-4-8-15-9-10-17-14-7-6-13(3)16-11-14/h6-7,11-12,15H,4-5,8-10H2,1-3H3. The molecule has 0 saturated heterocycles. The van der Waals surface area contributed by atoms with Gasteiger partial charge in [0, 0.05) is 12.2 Å². The molecule has 0 aliphatic carbocycles. The molecule has 0 atom stereocenters. The zero-order valence-corrected chi connectivity index (χ0v) is 11.2. The molecule has 0 amide bonds. The fraction of sp³-hybridized carbons (Fsp3) is 0.643. The molecule has 3 nitrogen and oxygen atoms in total. The van der Waals surface area contributed by atoms with Crippen molar-refractivity contribution in [1.29, 1.82) is 0 Å². The van der Waals surface area contributed by atoms with Gasteiger partial charge in [-0.25, -0.2) is 0 Å². The first kappa shape index (κ1) is 14.0. The molecule has 1 heterocycles. The second-order valence-corrected chi connectivity index (χ2v) is 4.77.